The Bertz CT molecular complexity index is 874. The minimum absolute atomic E-state index is 0.144. The van der Waals surface area contributed by atoms with Gasteiger partial charge in [0.15, 0.2) is 0 Å². The smallest absolute Gasteiger partial charge is 0.413 e. The molecule has 0 bridgehead atoms. The Balaban J connectivity index is 2.56. The second-order valence-corrected chi connectivity index (χ2v) is 7.07. The van der Waals surface area contributed by atoms with Crippen molar-refractivity contribution in [3.63, 3.8) is 0 Å². The zero-order chi connectivity index (χ0) is 20.2. The maximum atomic E-state index is 12.4. The van der Waals surface area contributed by atoms with Crippen molar-refractivity contribution < 1.29 is 14.3 Å². The van der Waals surface area contributed by atoms with Crippen LogP contribution < -0.4 is 16.2 Å². The summed E-state index contributed by atoms with van der Waals surface area (Å²) in [6.45, 7) is 11.2. The molecule has 1 aliphatic rings. The Kier molecular flexibility index (Phi) is 5.99. The summed E-state index contributed by atoms with van der Waals surface area (Å²) in [6, 6.07) is 2.94. The summed E-state index contributed by atoms with van der Waals surface area (Å²) < 4.78 is 5.30. The molecule has 2 amide bonds. The molecule has 8 heteroatoms. The summed E-state index contributed by atoms with van der Waals surface area (Å²) >= 11 is 0. The van der Waals surface area contributed by atoms with Crippen LogP contribution in [0.3, 0.4) is 0 Å². The van der Waals surface area contributed by atoms with Gasteiger partial charge < -0.3 is 15.0 Å². The minimum Gasteiger partial charge on any atom is -0.444 e. The molecule has 2 heterocycles. The summed E-state index contributed by atoms with van der Waals surface area (Å²) in [5, 5.41) is 5.22. The first kappa shape index (κ1) is 20.2. The Hall–Kier alpha value is -3.16. The first-order valence-corrected chi connectivity index (χ1v) is 8.49. The van der Waals surface area contributed by atoms with E-state index in [1.165, 1.54) is 6.20 Å². The van der Waals surface area contributed by atoms with E-state index in [0.29, 0.717) is 28.7 Å². The van der Waals surface area contributed by atoms with Crippen molar-refractivity contribution in [3.8, 4) is 0 Å². The van der Waals surface area contributed by atoms with Gasteiger partial charge in [0.25, 0.3) is 5.56 Å². The lowest BCUT2D eigenvalue weighted by Crippen LogP contribution is -2.40. The molecule has 0 saturated carbocycles. The number of pyridine rings is 1. The Morgan fingerprint density at radius 3 is 2.74 bits per heavy atom. The molecule has 8 nitrogen and oxygen atoms in total. The lowest BCUT2D eigenvalue weighted by atomic mass is 9.89. The van der Waals surface area contributed by atoms with Crippen LogP contribution in [-0.4, -0.2) is 41.5 Å². The molecule has 0 radical (unpaired) electrons. The average molecular weight is 372 g/mol. The molecule has 3 N–H and O–H groups in total. The number of carbonyl (C=O) groups is 2. The number of rotatable bonds is 4. The number of hydrogen-bond acceptors (Lipinski definition) is 5. The number of amidine groups is 1. The molecule has 2 rings (SSSR count). The van der Waals surface area contributed by atoms with E-state index in [4.69, 9.17) is 4.74 Å². The first-order valence-electron chi connectivity index (χ1n) is 8.49. The van der Waals surface area contributed by atoms with Crippen LogP contribution in [0.25, 0.3) is 5.57 Å². The molecule has 0 saturated heterocycles. The van der Waals surface area contributed by atoms with E-state index in [2.05, 4.69) is 27.2 Å². The minimum atomic E-state index is -0.690. The highest BCUT2D eigenvalue weighted by atomic mass is 16.6. The largest absolute Gasteiger partial charge is 0.444 e. The van der Waals surface area contributed by atoms with E-state index >= 15 is 0 Å². The average Bonchev–Trinajstić information content (AvgIpc) is 2.56. The number of amides is 2. The third kappa shape index (κ3) is 4.93. The number of H-pyrrole nitrogens is 1. The van der Waals surface area contributed by atoms with E-state index in [1.807, 2.05) is 6.92 Å². The molecule has 1 aromatic rings. The van der Waals surface area contributed by atoms with Gasteiger partial charge in [-0.1, -0.05) is 6.58 Å². The molecule has 1 unspecified atom stereocenters. The van der Waals surface area contributed by atoms with Crippen molar-refractivity contribution in [1.82, 2.24) is 15.6 Å². The number of ether oxygens (including phenoxy) is 1. The molecular weight excluding hydrogens is 348 g/mol. The number of nitrogens with one attached hydrogen (secondary N) is 3. The summed E-state index contributed by atoms with van der Waals surface area (Å²) in [7, 11) is 0. The van der Waals surface area contributed by atoms with Gasteiger partial charge in [0.2, 0.25) is 6.41 Å². The van der Waals surface area contributed by atoms with Gasteiger partial charge in [-0.15, -0.1) is 0 Å². The second kappa shape index (κ2) is 8.03. The van der Waals surface area contributed by atoms with E-state index in [-0.39, 0.29) is 24.0 Å². The van der Waals surface area contributed by atoms with Crippen LogP contribution >= 0.6 is 0 Å². The number of aromatic nitrogens is 1. The molecule has 144 valence electrons. The number of carbonyl (C=O) groups excluding carboxylic acids is 2. The van der Waals surface area contributed by atoms with Gasteiger partial charge in [0.1, 0.15) is 11.4 Å². The normalized spacial score (nSPS) is 17.3. The van der Waals surface area contributed by atoms with Gasteiger partial charge in [-0.2, -0.15) is 0 Å². The summed E-state index contributed by atoms with van der Waals surface area (Å²) in [4.78, 5) is 42.5. The number of hydrogen-bond donors (Lipinski definition) is 3. The molecule has 1 aliphatic heterocycles. The number of aromatic amines is 1. The molecule has 0 fully saturated rings. The number of alkyl carbamates (subject to hydrolysis) is 1. The molecule has 1 atom stereocenters. The molecular formula is C19H24N4O4. The first-order chi connectivity index (χ1) is 12.6. The summed E-state index contributed by atoms with van der Waals surface area (Å²) in [5.74, 6) is 0.198. The third-order valence-corrected chi connectivity index (χ3v) is 3.82. The fourth-order valence-corrected chi connectivity index (χ4v) is 2.64. The van der Waals surface area contributed by atoms with Crippen LogP contribution in [-0.2, 0) is 9.53 Å². The van der Waals surface area contributed by atoms with E-state index < -0.39 is 11.7 Å². The van der Waals surface area contributed by atoms with E-state index in [9.17, 15) is 14.4 Å². The van der Waals surface area contributed by atoms with Gasteiger partial charge in [0.05, 0.1) is 11.6 Å². The molecule has 0 aromatic carbocycles. The van der Waals surface area contributed by atoms with Crippen molar-refractivity contribution in [2.24, 2.45) is 4.99 Å². The topological polar surface area (TPSA) is 113 Å². The van der Waals surface area contributed by atoms with Gasteiger partial charge in [-0.05, 0) is 51.0 Å². The molecule has 0 spiro atoms. The van der Waals surface area contributed by atoms with Gasteiger partial charge >= 0.3 is 6.09 Å². The van der Waals surface area contributed by atoms with Crippen LogP contribution in [0.2, 0.25) is 0 Å². The highest BCUT2D eigenvalue weighted by Crippen LogP contribution is 2.29. The maximum Gasteiger partial charge on any atom is 0.413 e. The Morgan fingerprint density at radius 1 is 1.44 bits per heavy atom. The van der Waals surface area contributed by atoms with Crippen LogP contribution in [0.5, 0.6) is 0 Å². The quantitative estimate of drug-likeness (QED) is 0.699. The lowest BCUT2D eigenvalue weighted by Gasteiger charge is -2.27. The van der Waals surface area contributed by atoms with Crippen molar-refractivity contribution in [3.05, 3.63) is 52.0 Å². The predicted octanol–water partition coefficient (Wildman–Crippen LogP) is 1.76. The Labute approximate surface area is 157 Å². The summed E-state index contributed by atoms with van der Waals surface area (Å²) in [5.41, 5.74) is 0.940. The molecule has 0 aliphatic carbocycles. The van der Waals surface area contributed by atoms with Crippen molar-refractivity contribution in [2.75, 3.05) is 6.54 Å². The third-order valence-electron chi connectivity index (χ3n) is 3.82. The van der Waals surface area contributed by atoms with E-state index in [1.54, 1.807) is 32.9 Å². The van der Waals surface area contributed by atoms with Crippen LogP contribution in [0.4, 0.5) is 4.79 Å². The van der Waals surface area contributed by atoms with Gasteiger partial charge in [-0.3, -0.25) is 19.9 Å². The zero-order valence-corrected chi connectivity index (χ0v) is 15.9. The number of aliphatic imine (C=N–C) groups is 1. The van der Waals surface area contributed by atoms with Crippen LogP contribution in [0, 0.1) is 0 Å². The highest BCUT2D eigenvalue weighted by molar-refractivity contribution is 6.28. The fourth-order valence-electron chi connectivity index (χ4n) is 2.64. The monoisotopic (exact) mass is 372 g/mol. The Morgan fingerprint density at radius 2 is 2.15 bits per heavy atom. The SMILES string of the molecule is C=C1C(CNC=O)=C(c2ccc[nH]c2=O)C(NC(=O)OC(C)(C)C)=NC1C. The maximum absolute atomic E-state index is 12.4. The van der Waals surface area contributed by atoms with Gasteiger partial charge in [0, 0.05) is 18.3 Å². The fraction of sp³-hybridized carbons (Fsp3) is 0.368. The molecule has 1 aromatic heterocycles. The summed E-state index contributed by atoms with van der Waals surface area (Å²) in [6.07, 6.45) is 1.38. The van der Waals surface area contributed by atoms with Crippen LogP contribution in [0.1, 0.15) is 33.3 Å². The number of nitrogens with zero attached hydrogens (tertiary/aromatic N) is 1. The van der Waals surface area contributed by atoms with Gasteiger partial charge in [-0.25, -0.2) is 4.79 Å². The van der Waals surface area contributed by atoms with Crippen LogP contribution in [0.15, 0.2) is 45.8 Å². The highest BCUT2D eigenvalue weighted by Gasteiger charge is 2.29. The van der Waals surface area contributed by atoms with Crippen molar-refractivity contribution >= 4 is 23.9 Å². The molecule has 27 heavy (non-hydrogen) atoms. The predicted molar refractivity (Wildman–Crippen MR) is 103 cm³/mol. The van der Waals surface area contributed by atoms with Crippen molar-refractivity contribution in [2.45, 2.75) is 39.3 Å². The second-order valence-electron chi connectivity index (χ2n) is 7.07. The van der Waals surface area contributed by atoms with Crippen molar-refractivity contribution in [1.29, 1.82) is 0 Å². The van der Waals surface area contributed by atoms with E-state index in [0.717, 1.165) is 0 Å². The standard InChI is InChI=1S/C19H24N4O4/c1-11-12(2)22-16(23-18(26)27-19(3,4)5)15(14(11)9-20-10-24)13-7-6-8-21-17(13)25/h6-8,10,12H,1,9H2,2-5H3,(H,20,24)(H,21,25)(H,22,23,26). The number of dihydropyridines is 1. The zero-order valence-electron chi connectivity index (χ0n) is 15.9. The lowest BCUT2D eigenvalue weighted by molar-refractivity contribution is -0.109.